The summed E-state index contributed by atoms with van der Waals surface area (Å²) < 4.78 is 0. The summed E-state index contributed by atoms with van der Waals surface area (Å²) in [4.78, 5) is 16.7. The summed E-state index contributed by atoms with van der Waals surface area (Å²) in [5.41, 5.74) is 4.86. The van der Waals surface area contributed by atoms with Crippen LogP contribution in [0.3, 0.4) is 0 Å². The van der Waals surface area contributed by atoms with Crippen molar-refractivity contribution in [1.29, 1.82) is 5.41 Å². The van der Waals surface area contributed by atoms with Gasteiger partial charge in [0.25, 0.3) is 5.91 Å². The number of aliphatic imine (C=N–C) groups is 1. The molecule has 2 rings (SSSR count). The van der Waals surface area contributed by atoms with Crippen molar-refractivity contribution in [3.63, 3.8) is 0 Å². The van der Waals surface area contributed by atoms with Gasteiger partial charge in [-0.15, -0.1) is 0 Å². The van der Waals surface area contributed by atoms with Gasteiger partial charge in [-0.05, 0) is 57.0 Å². The van der Waals surface area contributed by atoms with Crippen molar-refractivity contribution >= 4 is 23.5 Å². The number of allylic oxidation sites excluding steroid dienone is 2. The molecule has 0 bridgehead atoms. The highest BCUT2D eigenvalue weighted by molar-refractivity contribution is 6.18. The highest BCUT2D eigenvalue weighted by Gasteiger charge is 2.16. The van der Waals surface area contributed by atoms with E-state index in [1.54, 1.807) is 0 Å². The lowest BCUT2D eigenvalue weighted by Crippen LogP contribution is -2.24. The Labute approximate surface area is 130 Å². The van der Waals surface area contributed by atoms with Crippen LogP contribution in [0.15, 0.2) is 46.4 Å². The Hall–Kier alpha value is -2.69. The molecule has 1 heterocycles. The molecule has 5 nitrogen and oxygen atoms in total. The summed E-state index contributed by atoms with van der Waals surface area (Å²) in [6.07, 6.45) is 2.90. The SMILES string of the molecule is CC1=CC(C)=N/C(=C(/C=N)C(=O)Nc2ccc(C)c(C)c2)N1. The van der Waals surface area contributed by atoms with Crippen LogP contribution in [0.2, 0.25) is 0 Å². The maximum atomic E-state index is 12.4. The van der Waals surface area contributed by atoms with Crippen LogP contribution >= 0.6 is 0 Å². The molecule has 114 valence electrons. The lowest BCUT2D eigenvalue weighted by Gasteiger charge is -2.16. The van der Waals surface area contributed by atoms with Crippen LogP contribution in [0.5, 0.6) is 0 Å². The molecule has 1 aliphatic rings. The summed E-state index contributed by atoms with van der Waals surface area (Å²) >= 11 is 0. The number of rotatable bonds is 3. The number of nitrogens with one attached hydrogen (secondary N) is 3. The van der Waals surface area contributed by atoms with Crippen LogP contribution in [0, 0.1) is 19.3 Å². The molecule has 1 aromatic carbocycles. The largest absolute Gasteiger partial charge is 0.343 e. The van der Waals surface area contributed by atoms with E-state index >= 15 is 0 Å². The first-order valence-electron chi connectivity index (χ1n) is 7.04. The zero-order chi connectivity index (χ0) is 16.3. The maximum Gasteiger partial charge on any atom is 0.260 e. The van der Waals surface area contributed by atoms with Crippen molar-refractivity contribution in [1.82, 2.24) is 5.32 Å². The van der Waals surface area contributed by atoms with Crippen molar-refractivity contribution in [2.75, 3.05) is 5.32 Å². The second-order valence-electron chi connectivity index (χ2n) is 5.37. The summed E-state index contributed by atoms with van der Waals surface area (Å²) in [5, 5.41) is 13.4. The second-order valence-corrected chi connectivity index (χ2v) is 5.37. The molecule has 3 N–H and O–H groups in total. The number of carbonyl (C=O) groups excluding carboxylic acids is 1. The molecule has 22 heavy (non-hydrogen) atoms. The molecule has 0 saturated heterocycles. The summed E-state index contributed by atoms with van der Waals surface area (Å²) in [5.74, 6) is 0.0424. The fourth-order valence-electron chi connectivity index (χ4n) is 2.16. The van der Waals surface area contributed by atoms with E-state index in [2.05, 4.69) is 15.6 Å². The van der Waals surface area contributed by atoms with Gasteiger partial charge in [0.15, 0.2) is 0 Å². The Morgan fingerprint density at radius 3 is 2.55 bits per heavy atom. The van der Waals surface area contributed by atoms with Crippen LogP contribution in [0.1, 0.15) is 25.0 Å². The van der Waals surface area contributed by atoms with E-state index in [1.165, 1.54) is 5.56 Å². The molecule has 0 unspecified atom stereocenters. The van der Waals surface area contributed by atoms with Gasteiger partial charge in [-0.2, -0.15) is 0 Å². The Kier molecular flexibility index (Phi) is 4.56. The lowest BCUT2D eigenvalue weighted by molar-refractivity contribution is -0.112. The molecule has 0 fully saturated rings. The number of amides is 1. The van der Waals surface area contributed by atoms with Crippen LogP contribution in [0.4, 0.5) is 5.69 Å². The summed E-state index contributed by atoms with van der Waals surface area (Å²) in [6, 6.07) is 5.71. The van der Waals surface area contributed by atoms with Crippen molar-refractivity contribution in [3.8, 4) is 0 Å². The van der Waals surface area contributed by atoms with Gasteiger partial charge >= 0.3 is 0 Å². The number of benzene rings is 1. The van der Waals surface area contributed by atoms with Gasteiger partial charge in [0, 0.05) is 23.3 Å². The first-order chi connectivity index (χ1) is 10.4. The number of carbonyl (C=O) groups is 1. The summed E-state index contributed by atoms with van der Waals surface area (Å²) in [6.45, 7) is 7.75. The number of anilines is 1. The van der Waals surface area contributed by atoms with E-state index in [0.29, 0.717) is 11.5 Å². The predicted octanol–water partition coefficient (Wildman–Crippen LogP) is 3.07. The van der Waals surface area contributed by atoms with Crippen molar-refractivity contribution < 1.29 is 4.79 Å². The molecule has 0 aliphatic carbocycles. The molecule has 0 radical (unpaired) electrons. The maximum absolute atomic E-state index is 12.4. The molecule has 0 saturated carbocycles. The van der Waals surface area contributed by atoms with Crippen LogP contribution in [0.25, 0.3) is 0 Å². The lowest BCUT2D eigenvalue weighted by atomic mass is 10.1. The minimum Gasteiger partial charge on any atom is -0.343 e. The molecular weight excluding hydrogens is 276 g/mol. The molecule has 0 aromatic heterocycles. The molecule has 1 aliphatic heterocycles. The average Bonchev–Trinajstić information content (AvgIpc) is 2.42. The monoisotopic (exact) mass is 296 g/mol. The fraction of sp³-hybridized carbons (Fsp3) is 0.235. The van der Waals surface area contributed by atoms with E-state index in [0.717, 1.165) is 23.2 Å². The zero-order valence-electron chi connectivity index (χ0n) is 13.2. The zero-order valence-corrected chi connectivity index (χ0v) is 13.2. The smallest absolute Gasteiger partial charge is 0.260 e. The summed E-state index contributed by atoms with van der Waals surface area (Å²) in [7, 11) is 0. The van der Waals surface area contributed by atoms with E-state index in [4.69, 9.17) is 5.41 Å². The first-order valence-corrected chi connectivity index (χ1v) is 7.04. The molecule has 1 amide bonds. The normalized spacial score (nSPS) is 16.2. The Morgan fingerprint density at radius 2 is 1.95 bits per heavy atom. The number of aryl methyl sites for hydroxylation is 2. The number of nitrogens with zero attached hydrogens (tertiary/aromatic N) is 1. The number of hydrogen-bond acceptors (Lipinski definition) is 4. The van der Waals surface area contributed by atoms with E-state index < -0.39 is 0 Å². The Balaban J connectivity index is 2.28. The molecule has 1 aromatic rings. The average molecular weight is 296 g/mol. The Morgan fingerprint density at radius 1 is 1.23 bits per heavy atom. The highest BCUT2D eigenvalue weighted by Crippen LogP contribution is 2.16. The van der Waals surface area contributed by atoms with Gasteiger partial charge in [0.2, 0.25) is 0 Å². The van der Waals surface area contributed by atoms with E-state index in [-0.39, 0.29) is 11.5 Å². The third-order valence-corrected chi connectivity index (χ3v) is 3.44. The first kappa shape index (κ1) is 15.7. The standard InChI is InChI=1S/C17H20N4O/c1-10-5-6-14(7-11(10)2)21-17(22)15(9-18)16-19-12(3)8-13(4)20-16/h5-9,18-19H,1-4H3,(H,21,22)/b16-15-,18-9?. The minimum absolute atomic E-state index is 0.199. The predicted molar refractivity (Wildman–Crippen MR) is 90.4 cm³/mol. The van der Waals surface area contributed by atoms with Crippen LogP contribution in [-0.2, 0) is 4.79 Å². The molecular formula is C17H20N4O. The molecule has 0 atom stereocenters. The molecule has 5 heteroatoms. The fourth-order valence-corrected chi connectivity index (χ4v) is 2.16. The van der Waals surface area contributed by atoms with Gasteiger partial charge in [-0.25, -0.2) is 4.99 Å². The van der Waals surface area contributed by atoms with Crippen molar-refractivity contribution in [2.24, 2.45) is 4.99 Å². The quantitative estimate of drug-likeness (QED) is 0.592. The van der Waals surface area contributed by atoms with Gasteiger partial charge in [0.05, 0.1) is 5.57 Å². The third kappa shape index (κ3) is 3.49. The van der Waals surface area contributed by atoms with E-state index in [9.17, 15) is 4.79 Å². The third-order valence-electron chi connectivity index (χ3n) is 3.44. The van der Waals surface area contributed by atoms with Gasteiger partial charge in [0.1, 0.15) is 5.82 Å². The number of hydrogen-bond donors (Lipinski definition) is 3. The minimum atomic E-state index is -0.355. The van der Waals surface area contributed by atoms with Gasteiger partial charge < -0.3 is 16.0 Å². The highest BCUT2D eigenvalue weighted by atomic mass is 16.1. The van der Waals surface area contributed by atoms with Gasteiger partial charge in [-0.3, -0.25) is 4.79 Å². The Bertz CT molecular complexity index is 726. The second kappa shape index (κ2) is 6.39. The van der Waals surface area contributed by atoms with Crippen LogP contribution in [-0.4, -0.2) is 17.8 Å². The topological polar surface area (TPSA) is 77.3 Å². The van der Waals surface area contributed by atoms with Crippen molar-refractivity contribution in [3.05, 3.63) is 52.5 Å². The van der Waals surface area contributed by atoms with E-state index in [1.807, 2.05) is 52.0 Å². The van der Waals surface area contributed by atoms with Crippen LogP contribution < -0.4 is 10.6 Å². The van der Waals surface area contributed by atoms with Crippen molar-refractivity contribution in [2.45, 2.75) is 27.7 Å². The van der Waals surface area contributed by atoms with Gasteiger partial charge in [-0.1, -0.05) is 6.07 Å². The molecule has 0 spiro atoms.